The number of anilines is 1. The third kappa shape index (κ3) is 3.23. The van der Waals surface area contributed by atoms with Crippen LogP contribution in [-0.4, -0.2) is 16.5 Å². The van der Waals surface area contributed by atoms with E-state index in [9.17, 15) is 0 Å². The molecule has 0 amide bonds. The number of nitrogens with zero attached hydrogens (tertiary/aromatic N) is 3. The average Bonchev–Trinajstić information content (AvgIpc) is 2.25. The van der Waals surface area contributed by atoms with Crippen LogP contribution in [0.1, 0.15) is 19.0 Å². The van der Waals surface area contributed by atoms with Gasteiger partial charge in [-0.15, -0.1) is 0 Å². The number of hydrogen-bond acceptors (Lipinski definition) is 4. The maximum absolute atomic E-state index is 8.49. The van der Waals surface area contributed by atoms with Gasteiger partial charge in [0.05, 0.1) is 12.4 Å². The molecule has 0 aromatic carbocycles. The molecule has 4 heteroatoms. The first kappa shape index (κ1) is 10.2. The van der Waals surface area contributed by atoms with Crippen molar-refractivity contribution in [2.45, 2.75) is 13.3 Å². The van der Waals surface area contributed by atoms with Crippen molar-refractivity contribution in [3.05, 3.63) is 30.2 Å². The topological polar surface area (TPSA) is 61.6 Å². The lowest BCUT2D eigenvalue weighted by molar-refractivity contribution is 1.03. The summed E-state index contributed by atoms with van der Waals surface area (Å²) in [5, 5.41) is 11.6. The van der Waals surface area contributed by atoms with Crippen molar-refractivity contribution in [2.75, 3.05) is 11.9 Å². The molecule has 0 saturated carbocycles. The molecule has 1 rings (SSSR count). The minimum absolute atomic E-state index is 0.337. The van der Waals surface area contributed by atoms with Gasteiger partial charge in [-0.25, -0.2) is 9.97 Å². The highest BCUT2D eigenvalue weighted by atomic mass is 15.0. The second-order valence-electron chi connectivity index (χ2n) is 2.68. The summed E-state index contributed by atoms with van der Waals surface area (Å²) in [6.45, 7) is 2.81. The molecule has 1 aromatic rings. The molecule has 0 radical (unpaired) electrons. The van der Waals surface area contributed by atoms with Crippen LogP contribution in [0.3, 0.4) is 0 Å². The van der Waals surface area contributed by atoms with Crippen molar-refractivity contribution in [3.8, 4) is 6.07 Å². The lowest BCUT2D eigenvalue weighted by Gasteiger charge is -2.01. The van der Waals surface area contributed by atoms with Crippen LogP contribution in [0.15, 0.2) is 24.5 Å². The Kier molecular flexibility index (Phi) is 4.15. The van der Waals surface area contributed by atoms with Crippen LogP contribution in [0.5, 0.6) is 0 Å². The standard InChI is InChI=1S/C10H12N4/c1-2-3-4-5-12-10-8-13-9(6-11)7-14-10/h2-3,7-8H,4-5H2,1H3,(H,12,14)/b3-2+. The Labute approximate surface area is 83.3 Å². The van der Waals surface area contributed by atoms with Crippen LogP contribution in [0.25, 0.3) is 0 Å². The molecule has 0 atom stereocenters. The van der Waals surface area contributed by atoms with Gasteiger partial charge in [0.2, 0.25) is 0 Å². The van der Waals surface area contributed by atoms with E-state index < -0.39 is 0 Å². The first-order valence-corrected chi connectivity index (χ1v) is 4.44. The Bertz CT molecular complexity index is 334. The van der Waals surface area contributed by atoms with Crippen molar-refractivity contribution < 1.29 is 0 Å². The summed E-state index contributed by atoms with van der Waals surface area (Å²) in [6.07, 6.45) is 8.06. The molecule has 1 heterocycles. The summed E-state index contributed by atoms with van der Waals surface area (Å²) < 4.78 is 0. The van der Waals surface area contributed by atoms with E-state index in [2.05, 4.69) is 21.4 Å². The molecule has 1 N–H and O–H groups in total. The van der Waals surface area contributed by atoms with Gasteiger partial charge in [-0.1, -0.05) is 12.2 Å². The molecule has 0 fully saturated rings. The minimum Gasteiger partial charge on any atom is -0.368 e. The molecule has 0 aliphatic heterocycles. The van der Waals surface area contributed by atoms with Crippen molar-refractivity contribution >= 4 is 5.82 Å². The van der Waals surface area contributed by atoms with Gasteiger partial charge >= 0.3 is 0 Å². The van der Waals surface area contributed by atoms with Crippen LogP contribution < -0.4 is 5.32 Å². The zero-order valence-electron chi connectivity index (χ0n) is 8.07. The summed E-state index contributed by atoms with van der Waals surface area (Å²) in [5.74, 6) is 0.702. The second-order valence-corrected chi connectivity index (χ2v) is 2.68. The number of hydrogen-bond donors (Lipinski definition) is 1. The molecule has 0 aliphatic carbocycles. The van der Waals surface area contributed by atoms with Gasteiger partial charge < -0.3 is 5.32 Å². The first-order valence-electron chi connectivity index (χ1n) is 4.44. The first-order chi connectivity index (χ1) is 6.86. The molecular weight excluding hydrogens is 176 g/mol. The van der Waals surface area contributed by atoms with E-state index >= 15 is 0 Å². The maximum Gasteiger partial charge on any atom is 0.158 e. The fraction of sp³-hybridized carbons (Fsp3) is 0.300. The van der Waals surface area contributed by atoms with Crippen LogP contribution in [0.2, 0.25) is 0 Å². The third-order valence-electron chi connectivity index (χ3n) is 1.62. The highest BCUT2D eigenvalue weighted by molar-refractivity contribution is 5.32. The van der Waals surface area contributed by atoms with Gasteiger partial charge in [0.15, 0.2) is 5.69 Å². The van der Waals surface area contributed by atoms with Crippen molar-refractivity contribution in [3.63, 3.8) is 0 Å². The predicted molar refractivity (Wildman–Crippen MR) is 54.7 cm³/mol. The highest BCUT2D eigenvalue weighted by Gasteiger charge is 1.94. The van der Waals surface area contributed by atoms with Gasteiger partial charge in [-0.3, -0.25) is 0 Å². The van der Waals surface area contributed by atoms with Crippen LogP contribution in [0.4, 0.5) is 5.82 Å². The van der Waals surface area contributed by atoms with Crippen LogP contribution >= 0.6 is 0 Å². The molecule has 0 bridgehead atoms. The summed E-state index contributed by atoms with van der Waals surface area (Å²) in [5.41, 5.74) is 0.337. The molecule has 0 unspecified atom stereocenters. The molecule has 14 heavy (non-hydrogen) atoms. The molecule has 1 aromatic heterocycles. The summed E-state index contributed by atoms with van der Waals surface area (Å²) >= 11 is 0. The Morgan fingerprint density at radius 3 is 2.93 bits per heavy atom. The lowest BCUT2D eigenvalue weighted by atomic mass is 10.4. The Balaban J connectivity index is 2.41. The SMILES string of the molecule is C/C=C/CCNc1cnc(C#N)cn1. The summed E-state index contributed by atoms with van der Waals surface area (Å²) in [6, 6.07) is 1.92. The van der Waals surface area contributed by atoms with E-state index in [-0.39, 0.29) is 0 Å². The maximum atomic E-state index is 8.49. The van der Waals surface area contributed by atoms with Crippen LogP contribution in [-0.2, 0) is 0 Å². The number of rotatable bonds is 4. The molecule has 0 aliphatic rings. The number of nitriles is 1. The largest absolute Gasteiger partial charge is 0.368 e. The molecule has 72 valence electrons. The summed E-state index contributed by atoms with van der Waals surface area (Å²) in [4.78, 5) is 7.92. The van der Waals surface area contributed by atoms with Gasteiger partial charge in [-0.05, 0) is 13.3 Å². The second kappa shape index (κ2) is 5.70. The lowest BCUT2D eigenvalue weighted by Crippen LogP contribution is -2.02. The Hall–Kier alpha value is -1.89. The predicted octanol–water partition coefficient (Wildman–Crippen LogP) is 1.73. The van der Waals surface area contributed by atoms with E-state index in [4.69, 9.17) is 5.26 Å². The highest BCUT2D eigenvalue weighted by Crippen LogP contribution is 1.99. The van der Waals surface area contributed by atoms with E-state index in [0.717, 1.165) is 13.0 Å². The normalized spacial score (nSPS) is 10.0. The van der Waals surface area contributed by atoms with Crippen LogP contribution in [0, 0.1) is 11.3 Å². The monoisotopic (exact) mass is 188 g/mol. The number of allylic oxidation sites excluding steroid dienone is 1. The number of aromatic nitrogens is 2. The third-order valence-corrected chi connectivity index (χ3v) is 1.62. The minimum atomic E-state index is 0.337. The zero-order chi connectivity index (χ0) is 10.2. The Morgan fingerprint density at radius 1 is 1.50 bits per heavy atom. The number of nitrogens with one attached hydrogen (secondary N) is 1. The Morgan fingerprint density at radius 2 is 2.36 bits per heavy atom. The summed E-state index contributed by atoms with van der Waals surface area (Å²) in [7, 11) is 0. The van der Waals surface area contributed by atoms with Crippen molar-refractivity contribution in [2.24, 2.45) is 0 Å². The van der Waals surface area contributed by atoms with Crippen molar-refractivity contribution in [1.29, 1.82) is 5.26 Å². The molecular formula is C10H12N4. The molecule has 0 spiro atoms. The van der Waals surface area contributed by atoms with E-state index in [1.807, 2.05) is 19.1 Å². The fourth-order valence-corrected chi connectivity index (χ4v) is 0.927. The van der Waals surface area contributed by atoms with Gasteiger partial charge in [0.25, 0.3) is 0 Å². The van der Waals surface area contributed by atoms with Gasteiger partial charge in [0.1, 0.15) is 11.9 Å². The van der Waals surface area contributed by atoms with Gasteiger partial charge in [0, 0.05) is 6.54 Å². The molecule has 0 saturated heterocycles. The van der Waals surface area contributed by atoms with Crippen molar-refractivity contribution in [1.82, 2.24) is 9.97 Å². The quantitative estimate of drug-likeness (QED) is 0.577. The average molecular weight is 188 g/mol. The molecule has 4 nitrogen and oxygen atoms in total. The van der Waals surface area contributed by atoms with E-state index in [1.165, 1.54) is 6.20 Å². The zero-order valence-corrected chi connectivity index (χ0v) is 8.07. The smallest absolute Gasteiger partial charge is 0.158 e. The van der Waals surface area contributed by atoms with E-state index in [0.29, 0.717) is 11.5 Å². The van der Waals surface area contributed by atoms with E-state index in [1.54, 1.807) is 6.20 Å². The van der Waals surface area contributed by atoms with Gasteiger partial charge in [-0.2, -0.15) is 5.26 Å². The fourth-order valence-electron chi connectivity index (χ4n) is 0.927.